The lowest BCUT2D eigenvalue weighted by atomic mass is 9.92. The Hall–Kier alpha value is -6.89. The molecule has 2 amide bonds. The Bertz CT molecular complexity index is 2860. The molecule has 10 rings (SSSR count). The van der Waals surface area contributed by atoms with Crippen LogP contribution in [0.4, 0.5) is 31.7 Å². The molecule has 2 atom stereocenters. The highest BCUT2D eigenvalue weighted by molar-refractivity contribution is 6.00. The van der Waals surface area contributed by atoms with Gasteiger partial charge in [-0.2, -0.15) is 0 Å². The zero-order valence-corrected chi connectivity index (χ0v) is 45.4. The molecule has 5 aliphatic rings. The van der Waals surface area contributed by atoms with Crippen LogP contribution in [-0.4, -0.2) is 167 Å². The van der Waals surface area contributed by atoms with Gasteiger partial charge in [0.15, 0.2) is 5.82 Å². The van der Waals surface area contributed by atoms with Crippen LogP contribution in [0.25, 0.3) is 27.6 Å². The van der Waals surface area contributed by atoms with E-state index in [1.807, 2.05) is 43.5 Å². The molecule has 2 aromatic heterocycles. The van der Waals surface area contributed by atoms with Crippen molar-refractivity contribution in [2.45, 2.75) is 64.0 Å². The summed E-state index contributed by atoms with van der Waals surface area (Å²) >= 11 is 0. The third kappa shape index (κ3) is 13.1. The van der Waals surface area contributed by atoms with Crippen molar-refractivity contribution in [1.29, 1.82) is 0 Å². The van der Waals surface area contributed by atoms with Crippen LogP contribution in [0.5, 0.6) is 5.75 Å². The maximum absolute atomic E-state index is 16.4. The SMILES string of the molecule is CN(C)C=O.COc1cc(N2CCN(CCOCC3CCN(c4ccnc(N5CCC6C5CCCN6c5cccc(F)c5)c4)CC3)CC2)ccc1-c1cc(C2=CCCN(C(=O)CCN(N)/C=C\N)C2)c(F)c2[nH]c(C)cc12. The average Bonchev–Trinajstić information content (AvgIpc) is 4.16. The van der Waals surface area contributed by atoms with Gasteiger partial charge in [-0.25, -0.2) is 19.6 Å². The monoisotopic (exact) mass is 1060 g/mol. The fourth-order valence-electron chi connectivity index (χ4n) is 11.9. The van der Waals surface area contributed by atoms with Gasteiger partial charge in [0, 0.05) is 176 Å². The van der Waals surface area contributed by atoms with Crippen molar-refractivity contribution in [2.75, 3.05) is 133 Å². The number of piperazine rings is 1. The summed E-state index contributed by atoms with van der Waals surface area (Å²) in [7, 11) is 5.06. The summed E-state index contributed by atoms with van der Waals surface area (Å²) in [5, 5.41) is 2.17. The number of piperidine rings is 2. The number of nitrogens with one attached hydrogen (secondary N) is 1. The number of aromatic amines is 1. The zero-order chi connectivity index (χ0) is 54.0. The predicted octanol–water partition coefficient (Wildman–Crippen LogP) is 7.44. The quantitative estimate of drug-likeness (QED) is 0.0366. The highest BCUT2D eigenvalue weighted by Crippen LogP contribution is 2.42. The Labute approximate surface area is 452 Å². The number of hydrogen-bond acceptors (Lipinski definition) is 13. The lowest BCUT2D eigenvalue weighted by molar-refractivity contribution is -0.131. The first-order valence-corrected chi connectivity index (χ1v) is 27.4. The number of amides is 2. The van der Waals surface area contributed by atoms with E-state index >= 15 is 4.39 Å². The number of benzene rings is 3. The largest absolute Gasteiger partial charge is 0.496 e. The lowest BCUT2D eigenvalue weighted by Gasteiger charge is -2.41. The van der Waals surface area contributed by atoms with Gasteiger partial charge in [0.25, 0.3) is 0 Å². The van der Waals surface area contributed by atoms with E-state index in [0.29, 0.717) is 55.1 Å². The molecule has 0 saturated carbocycles. The summed E-state index contributed by atoms with van der Waals surface area (Å²) in [6.07, 6.45) is 14.0. The van der Waals surface area contributed by atoms with Crippen LogP contribution in [0.1, 0.15) is 56.2 Å². The molecule has 4 saturated heterocycles. The molecular formula is C59H78F2N12O4. The first kappa shape index (κ1) is 54.9. The molecule has 0 bridgehead atoms. The molecule has 16 nitrogen and oxygen atoms in total. The molecule has 3 aromatic carbocycles. The van der Waals surface area contributed by atoms with E-state index in [9.17, 15) is 14.0 Å². The fourth-order valence-corrected chi connectivity index (χ4v) is 11.9. The molecule has 77 heavy (non-hydrogen) atoms. The Morgan fingerprint density at radius 3 is 2.36 bits per heavy atom. The van der Waals surface area contributed by atoms with Gasteiger partial charge in [-0.3, -0.25) is 14.5 Å². The zero-order valence-electron chi connectivity index (χ0n) is 45.4. The number of aryl methyl sites for hydroxylation is 1. The second kappa shape index (κ2) is 25.5. The average molecular weight is 1060 g/mol. The van der Waals surface area contributed by atoms with E-state index in [4.69, 9.17) is 26.0 Å². The standard InChI is InChI=1S/C56H71F2N11O3.C3H7NO/c1-39-32-49-48(36-47(55(58)56(49)62-39)41-6-4-19-66(37-41)54(70)16-23-67(60)25-17-59)46-11-10-43(34-52(46)71-2)65-28-26-63(27-29-65)30-31-72-38-40-13-21-64(22-14-40)44-12-18-61-53(35-44)69-24-15-51-50(69)9-5-20-68(51)45-8-3-7-42(57)33-45;1-4(2)3-5/h3,6-8,10-12,17-18,25,32-36,40,50-51,62H,4-5,9,13-16,19-24,26-31,37-38,59-60H2,1-2H3;3H,1-2H3/b25-17-;. The van der Waals surface area contributed by atoms with Gasteiger partial charge in [-0.05, 0) is 111 Å². The molecule has 5 N–H and O–H groups in total. The van der Waals surface area contributed by atoms with Gasteiger partial charge in [-0.15, -0.1) is 0 Å². The van der Waals surface area contributed by atoms with Crippen LogP contribution in [0.3, 0.4) is 0 Å². The van der Waals surface area contributed by atoms with E-state index < -0.39 is 0 Å². The molecule has 4 fully saturated rings. The van der Waals surface area contributed by atoms with E-state index in [2.05, 4.69) is 59.8 Å². The van der Waals surface area contributed by atoms with Crippen molar-refractivity contribution in [2.24, 2.45) is 17.5 Å². The van der Waals surface area contributed by atoms with Crippen molar-refractivity contribution in [3.05, 3.63) is 114 Å². The number of nitrogens with two attached hydrogens (primary N) is 2. The number of hydrogen-bond donors (Lipinski definition) is 3. The minimum absolute atomic E-state index is 0.0425. The van der Waals surface area contributed by atoms with Crippen LogP contribution in [0.15, 0.2) is 91.4 Å². The number of carbonyl (C=O) groups excluding carboxylic acids is 2. The Kier molecular flexibility index (Phi) is 18.2. The molecule has 0 aliphatic carbocycles. The van der Waals surface area contributed by atoms with Crippen molar-refractivity contribution in [1.82, 2.24) is 29.7 Å². The summed E-state index contributed by atoms with van der Waals surface area (Å²) in [4.78, 5) is 46.3. The Morgan fingerprint density at radius 2 is 1.61 bits per heavy atom. The number of halogens is 2. The van der Waals surface area contributed by atoms with Gasteiger partial charge in [0.2, 0.25) is 12.3 Å². The van der Waals surface area contributed by atoms with E-state index in [1.54, 1.807) is 32.2 Å². The summed E-state index contributed by atoms with van der Waals surface area (Å²) in [5.41, 5.74) is 13.1. The molecule has 0 spiro atoms. The number of ether oxygens (including phenoxy) is 2. The highest BCUT2D eigenvalue weighted by atomic mass is 19.1. The van der Waals surface area contributed by atoms with Crippen LogP contribution in [0.2, 0.25) is 0 Å². The highest BCUT2D eigenvalue weighted by Gasteiger charge is 2.41. The molecule has 7 heterocycles. The number of rotatable bonds is 17. The number of H-pyrrole nitrogens is 1. The summed E-state index contributed by atoms with van der Waals surface area (Å²) in [5.74, 6) is 7.69. The number of aromatic nitrogens is 2. The second-order valence-electron chi connectivity index (χ2n) is 21.3. The number of nitrogens with zero attached hydrogens (tertiary/aromatic N) is 9. The van der Waals surface area contributed by atoms with Gasteiger partial charge in [-0.1, -0.05) is 12.1 Å². The van der Waals surface area contributed by atoms with E-state index in [1.165, 1.54) is 34.1 Å². The number of anilines is 4. The number of pyridine rings is 1. The lowest BCUT2D eigenvalue weighted by Crippen LogP contribution is -2.50. The van der Waals surface area contributed by atoms with Crippen molar-refractivity contribution >= 4 is 51.7 Å². The van der Waals surface area contributed by atoms with E-state index in [-0.39, 0.29) is 24.0 Å². The second-order valence-corrected chi connectivity index (χ2v) is 21.3. The normalized spacial score (nSPS) is 19.3. The number of hydrazine groups is 1. The van der Waals surface area contributed by atoms with Gasteiger partial charge in [0.1, 0.15) is 17.4 Å². The minimum atomic E-state index is -0.326. The molecule has 5 aliphatic heterocycles. The van der Waals surface area contributed by atoms with Gasteiger partial charge >= 0.3 is 0 Å². The maximum atomic E-state index is 16.4. The van der Waals surface area contributed by atoms with Crippen LogP contribution < -0.4 is 35.9 Å². The minimum Gasteiger partial charge on any atom is -0.496 e. The molecule has 0 radical (unpaired) electrons. The van der Waals surface area contributed by atoms with Crippen molar-refractivity contribution in [3.8, 4) is 16.9 Å². The Morgan fingerprint density at radius 1 is 0.844 bits per heavy atom. The summed E-state index contributed by atoms with van der Waals surface area (Å²) in [6, 6.07) is 22.5. The predicted molar refractivity (Wildman–Crippen MR) is 304 cm³/mol. The van der Waals surface area contributed by atoms with Crippen LogP contribution >= 0.6 is 0 Å². The molecule has 2 unspecified atom stereocenters. The third-order valence-electron chi connectivity index (χ3n) is 16.0. The van der Waals surface area contributed by atoms with Gasteiger partial charge < -0.3 is 54.6 Å². The molecular weight excluding hydrogens is 979 g/mol. The first-order chi connectivity index (χ1) is 37.4. The summed E-state index contributed by atoms with van der Waals surface area (Å²) in [6.45, 7) is 13.2. The number of methoxy groups -OCH3 is 1. The number of fused-ring (bicyclic) bond motifs is 2. The summed E-state index contributed by atoms with van der Waals surface area (Å²) < 4.78 is 43.0. The smallest absolute Gasteiger partial charge is 0.224 e. The Balaban J connectivity index is 0.00000138. The molecule has 412 valence electrons. The third-order valence-corrected chi connectivity index (χ3v) is 16.0. The number of carbonyl (C=O) groups is 2. The topological polar surface area (TPSA) is 159 Å². The molecule has 18 heteroatoms. The van der Waals surface area contributed by atoms with Gasteiger partial charge in [0.05, 0.1) is 31.3 Å². The van der Waals surface area contributed by atoms with Crippen molar-refractivity contribution in [3.63, 3.8) is 0 Å². The van der Waals surface area contributed by atoms with Crippen molar-refractivity contribution < 1.29 is 27.8 Å². The van der Waals surface area contributed by atoms with Crippen LogP contribution in [-0.2, 0) is 14.3 Å². The maximum Gasteiger partial charge on any atom is 0.224 e. The fraction of sp³-hybridized carbons (Fsp3) is 0.475. The van der Waals surface area contributed by atoms with E-state index in [0.717, 1.165) is 161 Å². The molecule has 5 aromatic rings. The van der Waals surface area contributed by atoms with Crippen LogP contribution in [0, 0.1) is 24.5 Å². The first-order valence-electron chi connectivity index (χ1n) is 27.4.